The van der Waals surface area contributed by atoms with E-state index in [2.05, 4.69) is 0 Å². The molecule has 0 heterocycles. The summed E-state index contributed by atoms with van der Waals surface area (Å²) in [4.78, 5) is 9.58. The highest BCUT2D eigenvalue weighted by molar-refractivity contribution is 5.46. The molecule has 52 valence electrons. The molecule has 0 fully saturated rings. The van der Waals surface area contributed by atoms with Crippen molar-refractivity contribution in [3.05, 3.63) is 34.3 Å². The lowest BCUT2D eigenvalue weighted by Gasteiger charge is -1.90. The van der Waals surface area contributed by atoms with Gasteiger partial charge in [0.15, 0.2) is 2.82 Å². The van der Waals surface area contributed by atoms with Crippen LogP contribution < -0.4 is 5.72 Å². The largest absolute Gasteiger partial charge is 0.399 e. The monoisotopic (exact) mass is 142 g/mol. The molecule has 1 aromatic carbocycles. The number of nitrogens with two attached hydrogens (primary N) is 1. The van der Waals surface area contributed by atoms with Gasteiger partial charge in [0.1, 0.15) is 0 Å². The van der Waals surface area contributed by atoms with Crippen LogP contribution in [0.15, 0.2) is 24.2 Å². The third kappa shape index (κ3) is 1.22. The highest BCUT2D eigenvalue weighted by Gasteiger charge is 2.02. The van der Waals surface area contributed by atoms with E-state index in [-0.39, 0.29) is 11.4 Å². The van der Waals surface area contributed by atoms with Crippen LogP contribution >= 0.6 is 0 Å². The van der Waals surface area contributed by atoms with Gasteiger partial charge in [-0.1, -0.05) is 6.07 Å². The van der Waals surface area contributed by atoms with Gasteiger partial charge in [0.05, 0.1) is 7.66 Å². The third-order valence-electron chi connectivity index (χ3n) is 0.890. The van der Waals surface area contributed by atoms with E-state index in [1.165, 1.54) is 0 Å². The Morgan fingerprint density at radius 1 is 1.90 bits per heavy atom. The number of nitrogen functional groups attached to an aromatic ring is 1. The number of rotatable bonds is 2. The summed E-state index contributed by atoms with van der Waals surface area (Å²) in [6.45, 7) is 0. The van der Waals surface area contributed by atoms with Crippen LogP contribution in [0.5, 0.6) is 0 Å². The molecule has 0 aliphatic carbocycles. The van der Waals surface area contributed by atoms with Gasteiger partial charge in [-0.15, -0.1) is 0 Å². The van der Waals surface area contributed by atoms with Crippen LogP contribution in [0.4, 0.5) is 11.4 Å². The van der Waals surface area contributed by atoms with E-state index in [0.29, 0.717) is 0 Å². The number of hydrogen-bond donors (Lipinski definition) is 1. The van der Waals surface area contributed by atoms with Gasteiger partial charge < -0.3 is 5.72 Å². The van der Waals surface area contributed by atoms with Crippen molar-refractivity contribution in [2.24, 2.45) is 0 Å². The van der Waals surface area contributed by atoms with Gasteiger partial charge in [-0.25, -0.2) is 0 Å². The fourth-order valence-corrected chi connectivity index (χ4v) is 0.497. The summed E-state index contributed by atoms with van der Waals surface area (Å²) in [5.41, 5.74) is -0.811. The van der Waals surface area contributed by atoms with Gasteiger partial charge in [-0.05, 0) is 6.07 Å². The topological polar surface area (TPSA) is 69.2 Å². The first-order valence-electron chi connectivity index (χ1n) is 4.37. The van der Waals surface area contributed by atoms with Crippen molar-refractivity contribution < 1.29 is 10.5 Å². The Kier molecular flexibility index (Phi) is 0.705. The molecule has 0 atom stereocenters. The van der Waals surface area contributed by atoms with Crippen LogP contribution in [0.25, 0.3) is 0 Å². The molecule has 1 aromatic rings. The number of nitro benzene ring substituents is 1. The Morgan fingerprint density at radius 2 is 2.70 bits per heavy atom. The molecule has 0 spiro atoms. The summed E-state index contributed by atoms with van der Waals surface area (Å²) in [5, 5.41) is 10.4. The number of nitro groups is 1. The van der Waals surface area contributed by atoms with Crippen LogP contribution in [0, 0.1) is 10.1 Å². The fraction of sp³-hybridized carbons (Fsp3) is 0. The predicted molar refractivity (Wildman–Crippen MR) is 37.5 cm³/mol. The van der Waals surface area contributed by atoms with Crippen LogP contribution in [0.1, 0.15) is 2.74 Å². The number of anilines is 1. The van der Waals surface area contributed by atoms with Crippen molar-refractivity contribution in [2.75, 3.05) is 5.72 Å². The zero-order valence-corrected chi connectivity index (χ0v) is 4.87. The maximum Gasteiger partial charge on any atom is 0.271 e. The third-order valence-corrected chi connectivity index (χ3v) is 0.890. The van der Waals surface area contributed by atoms with Gasteiger partial charge in [0.2, 0.25) is 0 Å². The van der Waals surface area contributed by atoms with Gasteiger partial charge in [0.25, 0.3) is 5.69 Å². The zero-order chi connectivity index (χ0) is 10.9. The molecule has 0 bridgehead atoms. The molecule has 2 N–H and O–H groups in total. The zero-order valence-electron chi connectivity index (χ0n) is 8.87. The molecular weight excluding hydrogens is 132 g/mol. The average molecular weight is 142 g/mol. The molecule has 0 aliphatic rings. The number of benzene rings is 1. The van der Waals surface area contributed by atoms with E-state index in [0.717, 1.165) is 12.1 Å². The maximum atomic E-state index is 10.4. The highest BCUT2D eigenvalue weighted by Crippen LogP contribution is 2.13. The molecule has 0 aromatic heterocycles. The van der Waals surface area contributed by atoms with Crippen molar-refractivity contribution in [1.82, 2.24) is 0 Å². The Morgan fingerprint density at radius 3 is 3.30 bits per heavy atom. The number of hydrogen-bond acceptors (Lipinski definition) is 3. The maximum absolute atomic E-state index is 10.4. The molecule has 0 aliphatic heterocycles. The number of nitrogens with zero attached hydrogens (tertiary/aromatic N) is 1. The van der Waals surface area contributed by atoms with Crippen molar-refractivity contribution in [3.8, 4) is 0 Å². The van der Waals surface area contributed by atoms with Crippen molar-refractivity contribution in [2.45, 2.75) is 0 Å². The molecule has 0 saturated heterocycles. The lowest BCUT2D eigenvalue weighted by Crippen LogP contribution is -1.89. The van der Waals surface area contributed by atoms with Crippen LogP contribution in [-0.4, -0.2) is 4.92 Å². The van der Waals surface area contributed by atoms with E-state index in [9.17, 15) is 10.1 Å². The molecule has 4 nitrogen and oxygen atoms in total. The smallest absolute Gasteiger partial charge is 0.271 e. The average Bonchev–Trinajstić information content (AvgIpc) is 2.02. The summed E-state index contributed by atoms with van der Waals surface area (Å²) >= 11 is 0. The first kappa shape index (κ1) is 3.01. The normalized spacial score (nSPS) is 14.4. The fourth-order valence-electron chi connectivity index (χ4n) is 0.497. The van der Waals surface area contributed by atoms with Crippen molar-refractivity contribution >= 4 is 11.4 Å². The lowest BCUT2D eigenvalue weighted by atomic mass is 10.3. The summed E-state index contributed by atoms with van der Waals surface area (Å²) in [6.07, 6.45) is 0. The first-order chi connectivity index (χ1) is 6.45. The van der Waals surface area contributed by atoms with E-state index in [1.807, 2.05) is 0 Å². The molecular formula is C6H6N2O2. The first-order valence-corrected chi connectivity index (χ1v) is 2.47. The van der Waals surface area contributed by atoms with E-state index < -0.39 is 22.7 Å². The predicted octanol–water partition coefficient (Wildman–Crippen LogP) is 1.18. The Hall–Kier alpha value is -1.58. The molecule has 10 heavy (non-hydrogen) atoms. The van der Waals surface area contributed by atoms with Crippen LogP contribution in [0.2, 0.25) is 2.82 Å². The van der Waals surface area contributed by atoms with Crippen LogP contribution in [0.3, 0.4) is 0 Å². The van der Waals surface area contributed by atoms with Crippen molar-refractivity contribution in [3.63, 3.8) is 0 Å². The van der Waals surface area contributed by atoms with E-state index in [4.69, 9.17) is 5.57 Å². The highest BCUT2D eigenvalue weighted by atomic mass is 16.6. The second-order valence-corrected chi connectivity index (χ2v) is 1.59. The van der Waals surface area contributed by atoms with Crippen LogP contribution in [-0.2, 0) is 0 Å². The Labute approximate surface area is 63.2 Å². The molecule has 0 unspecified atom stereocenters. The minimum Gasteiger partial charge on any atom is -0.399 e. The summed E-state index contributed by atoms with van der Waals surface area (Å²) < 4.78 is 28.2. The summed E-state index contributed by atoms with van der Waals surface area (Å²) in [6, 6.07) is 1.25. The van der Waals surface area contributed by atoms with E-state index >= 15 is 0 Å². The molecule has 0 amide bonds. The van der Waals surface area contributed by atoms with E-state index in [1.54, 1.807) is 0 Å². The minimum atomic E-state index is -0.863. The second kappa shape index (κ2) is 2.34. The molecule has 0 radical (unpaired) electrons. The van der Waals surface area contributed by atoms with Gasteiger partial charge >= 0.3 is 0 Å². The molecule has 0 saturated carbocycles. The van der Waals surface area contributed by atoms with Gasteiger partial charge in [-0.3, -0.25) is 10.1 Å². The molecule has 4 heteroatoms. The van der Waals surface area contributed by atoms with Gasteiger partial charge in [-0.2, -0.15) is 0 Å². The minimum absolute atomic E-state index is 0.106. The second-order valence-electron chi connectivity index (χ2n) is 1.59. The standard InChI is InChI=1S/C6H6N2O2/c7-5-2-1-3-6(4-5)8(9)10/h1-4H,7H2/i3D,4D/hD2. The summed E-state index contributed by atoms with van der Waals surface area (Å²) in [5.74, 6) is 0. The SMILES string of the molecule is [2H]c1ccc(N([2H])[2H])c([2H])c1[N+](=O)[O-]. The Bertz CT molecular complexity index is 382. The van der Waals surface area contributed by atoms with Crippen molar-refractivity contribution in [1.29, 1.82) is 0 Å². The van der Waals surface area contributed by atoms with Gasteiger partial charge in [0, 0.05) is 17.8 Å². The lowest BCUT2D eigenvalue weighted by molar-refractivity contribution is -0.384. The molecule has 1 rings (SSSR count). The Balaban J connectivity index is 3.41. The quantitative estimate of drug-likeness (QED) is 0.383. The summed E-state index contributed by atoms with van der Waals surface area (Å²) in [7, 11) is 0.